The molecule has 0 bridgehead atoms. The van der Waals surface area contributed by atoms with Crippen molar-refractivity contribution in [3.63, 3.8) is 0 Å². The maximum absolute atomic E-state index is 9.14. The molecule has 166 valence electrons. The summed E-state index contributed by atoms with van der Waals surface area (Å²) in [5.74, 6) is 0.466. The van der Waals surface area contributed by atoms with Crippen LogP contribution >= 0.6 is 7.26 Å². The normalized spacial score (nSPS) is 14.9. The minimum Gasteiger partial charge on any atom is -0.511 e. The molecule has 4 aromatic carbocycles. The fourth-order valence-electron chi connectivity index (χ4n) is 4.83. The van der Waals surface area contributed by atoms with E-state index >= 15 is 0 Å². The minimum atomic E-state index is -1.83. The van der Waals surface area contributed by atoms with Crippen LogP contribution in [0.25, 0.3) is 32.3 Å². The zero-order valence-electron chi connectivity index (χ0n) is 19.3. The second kappa shape index (κ2) is 9.79. The molecule has 0 heterocycles. The van der Waals surface area contributed by atoms with Crippen LogP contribution in [-0.2, 0) is 0 Å². The van der Waals surface area contributed by atoms with Gasteiger partial charge in [-0.05, 0) is 70.8 Å². The summed E-state index contributed by atoms with van der Waals surface area (Å²) in [6.07, 6.45) is 7.55. The van der Waals surface area contributed by atoms with Crippen LogP contribution in [0.15, 0.2) is 66.7 Å². The molecule has 1 saturated carbocycles. The van der Waals surface area contributed by atoms with Crippen molar-refractivity contribution in [2.75, 3.05) is 20.0 Å². The Morgan fingerprint density at radius 3 is 2.00 bits per heavy atom. The van der Waals surface area contributed by atoms with Gasteiger partial charge >= 0.3 is 7.32 Å². The highest BCUT2D eigenvalue weighted by Crippen LogP contribution is 2.56. The van der Waals surface area contributed by atoms with E-state index < -0.39 is 14.6 Å². The van der Waals surface area contributed by atoms with Crippen LogP contribution in [0.4, 0.5) is 0 Å². The Morgan fingerprint density at radius 2 is 1.38 bits per heavy atom. The Hall–Kier alpha value is -2.13. The second-order valence-corrected chi connectivity index (χ2v) is 14.7. The van der Waals surface area contributed by atoms with Gasteiger partial charge in [0.05, 0.1) is 5.66 Å². The van der Waals surface area contributed by atoms with E-state index in [1.54, 1.807) is 6.07 Å². The Kier molecular flexibility index (Phi) is 7.05. The molecule has 3 nitrogen and oxygen atoms in total. The first-order chi connectivity index (χ1) is 15.3. The quantitative estimate of drug-likeness (QED) is 0.159. The molecule has 0 aromatic heterocycles. The smallest absolute Gasteiger partial charge is 0.511 e. The van der Waals surface area contributed by atoms with Gasteiger partial charge in [-0.15, -0.1) is 0 Å². The standard InChI is InChI=1S/C18H13BO3.C9H20P/c20-19(21)22-17-7-3-6-12-8-9-15-10-13-4-1-2-5-14(13)11-16(15)18(12)17;1-10(2,3)9-7-5-4-6-8-9/h1-11,20-21H;9H,4-8H2,1-3H3/q;+1. The van der Waals surface area contributed by atoms with Crippen molar-refractivity contribution in [1.82, 2.24) is 0 Å². The van der Waals surface area contributed by atoms with Crippen molar-refractivity contribution < 1.29 is 14.7 Å². The lowest BCUT2D eigenvalue weighted by molar-refractivity contribution is 0.289. The van der Waals surface area contributed by atoms with Crippen LogP contribution in [-0.4, -0.2) is 43.0 Å². The minimum absolute atomic E-state index is 0.466. The van der Waals surface area contributed by atoms with Gasteiger partial charge in [-0.3, -0.25) is 0 Å². The van der Waals surface area contributed by atoms with Gasteiger partial charge in [0.25, 0.3) is 0 Å². The zero-order valence-corrected chi connectivity index (χ0v) is 20.2. The fraction of sp³-hybridized carbons (Fsp3) is 0.333. The van der Waals surface area contributed by atoms with E-state index in [1.165, 1.54) is 37.5 Å². The predicted molar refractivity (Wildman–Crippen MR) is 141 cm³/mol. The van der Waals surface area contributed by atoms with Crippen molar-refractivity contribution >= 4 is 46.9 Å². The van der Waals surface area contributed by atoms with Crippen molar-refractivity contribution in [2.24, 2.45) is 0 Å². The molecule has 1 aliphatic carbocycles. The first-order valence-electron chi connectivity index (χ1n) is 11.5. The molecular formula is C27H33BO3P+. The molecule has 0 saturated heterocycles. The Bertz CT molecular complexity index is 1210. The highest BCUT2D eigenvalue weighted by Gasteiger charge is 2.31. The predicted octanol–water partition coefficient (Wildman–Crippen LogP) is 6.72. The molecule has 0 atom stereocenters. The molecule has 0 amide bonds. The zero-order chi connectivity index (χ0) is 22.7. The van der Waals surface area contributed by atoms with Gasteiger partial charge in [0.15, 0.2) is 0 Å². The lowest BCUT2D eigenvalue weighted by Gasteiger charge is -2.27. The van der Waals surface area contributed by atoms with Crippen LogP contribution in [0.1, 0.15) is 32.1 Å². The number of rotatable bonds is 3. The third-order valence-corrected chi connectivity index (χ3v) is 9.30. The van der Waals surface area contributed by atoms with Gasteiger partial charge in [-0.1, -0.05) is 55.0 Å². The fourth-order valence-corrected chi connectivity index (χ4v) is 6.75. The van der Waals surface area contributed by atoms with E-state index in [-0.39, 0.29) is 0 Å². The maximum Gasteiger partial charge on any atom is 0.707 e. The summed E-state index contributed by atoms with van der Waals surface area (Å²) in [6.45, 7) is 7.47. The summed E-state index contributed by atoms with van der Waals surface area (Å²) < 4.78 is 5.16. The summed E-state index contributed by atoms with van der Waals surface area (Å²) in [6, 6.07) is 22.1. The van der Waals surface area contributed by atoms with Crippen molar-refractivity contribution in [1.29, 1.82) is 0 Å². The molecule has 5 heteroatoms. The maximum atomic E-state index is 9.14. The van der Waals surface area contributed by atoms with E-state index in [0.29, 0.717) is 5.75 Å². The summed E-state index contributed by atoms with van der Waals surface area (Å²) in [5.41, 5.74) is 1.11. The number of hydrogen-bond acceptors (Lipinski definition) is 3. The third kappa shape index (κ3) is 5.26. The van der Waals surface area contributed by atoms with Crippen molar-refractivity contribution in [2.45, 2.75) is 37.8 Å². The number of fused-ring (bicyclic) bond motifs is 4. The van der Waals surface area contributed by atoms with Crippen molar-refractivity contribution in [3.05, 3.63) is 66.7 Å². The van der Waals surface area contributed by atoms with Crippen LogP contribution < -0.4 is 4.65 Å². The molecule has 1 aliphatic rings. The van der Waals surface area contributed by atoms with Gasteiger partial charge in [-0.25, -0.2) is 0 Å². The number of hydrogen-bond donors (Lipinski definition) is 2. The van der Waals surface area contributed by atoms with Gasteiger partial charge in [0, 0.05) is 32.6 Å². The van der Waals surface area contributed by atoms with Crippen molar-refractivity contribution in [3.8, 4) is 5.75 Å². The Labute approximate surface area is 191 Å². The molecule has 4 aromatic rings. The summed E-state index contributed by atoms with van der Waals surface area (Å²) >= 11 is 0. The molecule has 0 spiro atoms. The number of benzene rings is 4. The van der Waals surface area contributed by atoms with Gasteiger partial charge in [0.2, 0.25) is 0 Å². The van der Waals surface area contributed by atoms with E-state index in [2.05, 4.69) is 50.3 Å². The van der Waals surface area contributed by atoms with Crippen LogP contribution in [0.3, 0.4) is 0 Å². The highest BCUT2D eigenvalue weighted by atomic mass is 31.2. The molecule has 5 rings (SSSR count). The molecule has 1 fully saturated rings. The average molecular weight is 447 g/mol. The van der Waals surface area contributed by atoms with Crippen LogP contribution in [0, 0.1) is 0 Å². The summed E-state index contributed by atoms with van der Waals surface area (Å²) in [7, 11) is -2.32. The van der Waals surface area contributed by atoms with Crippen LogP contribution in [0.2, 0.25) is 0 Å². The molecule has 0 radical (unpaired) electrons. The van der Waals surface area contributed by atoms with Gasteiger partial charge < -0.3 is 14.7 Å². The Morgan fingerprint density at radius 1 is 0.750 bits per heavy atom. The lowest BCUT2D eigenvalue weighted by Crippen LogP contribution is -2.20. The van der Waals surface area contributed by atoms with Gasteiger partial charge in [0.1, 0.15) is 5.75 Å². The molecule has 32 heavy (non-hydrogen) atoms. The first-order valence-corrected chi connectivity index (χ1v) is 14.7. The topological polar surface area (TPSA) is 49.7 Å². The van der Waals surface area contributed by atoms with Crippen LogP contribution in [0.5, 0.6) is 5.75 Å². The molecule has 0 aliphatic heterocycles. The first kappa shape index (κ1) is 23.0. The monoisotopic (exact) mass is 447 g/mol. The van der Waals surface area contributed by atoms with E-state index in [1.807, 2.05) is 30.3 Å². The van der Waals surface area contributed by atoms with E-state index in [9.17, 15) is 0 Å². The molecule has 0 unspecified atom stereocenters. The SMILES string of the molecule is C[P+](C)(C)C1CCCCC1.OB(O)Oc1cccc2ccc3cc4ccccc4cc3c12. The van der Waals surface area contributed by atoms with Gasteiger partial charge in [-0.2, -0.15) is 0 Å². The van der Waals surface area contributed by atoms with E-state index in [4.69, 9.17) is 14.7 Å². The summed E-state index contributed by atoms with van der Waals surface area (Å²) in [5, 5.41) is 24.6. The van der Waals surface area contributed by atoms with E-state index in [0.717, 1.165) is 32.6 Å². The Balaban J connectivity index is 0.000000207. The molecule has 2 N–H and O–H groups in total. The largest absolute Gasteiger partial charge is 0.707 e. The summed E-state index contributed by atoms with van der Waals surface area (Å²) in [4.78, 5) is 0. The highest BCUT2D eigenvalue weighted by molar-refractivity contribution is 7.74. The lowest BCUT2D eigenvalue weighted by atomic mass is 9.97. The second-order valence-electron chi connectivity index (χ2n) is 9.69. The average Bonchev–Trinajstić information content (AvgIpc) is 2.78. The molecular weight excluding hydrogens is 414 g/mol. The third-order valence-electron chi connectivity index (χ3n) is 6.59.